The summed E-state index contributed by atoms with van der Waals surface area (Å²) in [5, 5.41) is 3.18. The third-order valence-electron chi connectivity index (χ3n) is 3.77. The van der Waals surface area contributed by atoms with Crippen molar-refractivity contribution in [1.82, 2.24) is 10.2 Å². The topological polar surface area (TPSA) is 50.8 Å². The van der Waals surface area contributed by atoms with E-state index in [0.717, 1.165) is 31.8 Å². The first kappa shape index (κ1) is 18.6. The van der Waals surface area contributed by atoms with Gasteiger partial charge in [-0.05, 0) is 44.5 Å². The third kappa shape index (κ3) is 5.39. The van der Waals surface area contributed by atoms with Gasteiger partial charge in [0, 0.05) is 19.2 Å². The summed E-state index contributed by atoms with van der Waals surface area (Å²) in [5.74, 6) is 1.99. The highest BCUT2D eigenvalue weighted by atomic mass is 35.5. The molecule has 0 aliphatic carbocycles. The number of ether oxygens (including phenoxy) is 2. The van der Waals surface area contributed by atoms with Gasteiger partial charge >= 0.3 is 0 Å². The Kier molecular flexibility index (Phi) is 8.06. The lowest BCUT2D eigenvalue weighted by Gasteiger charge is -2.32. The monoisotopic (exact) mass is 328 g/mol. The largest absolute Gasteiger partial charge is 0.497 e. The zero-order valence-corrected chi connectivity index (χ0v) is 14.0. The number of methoxy groups -OCH3 is 1. The van der Waals surface area contributed by atoms with Crippen molar-refractivity contribution in [1.29, 1.82) is 0 Å². The lowest BCUT2D eigenvalue weighted by Crippen LogP contribution is -2.44. The van der Waals surface area contributed by atoms with Gasteiger partial charge in [0.15, 0.2) is 6.61 Å². The highest BCUT2D eigenvalue weighted by molar-refractivity contribution is 5.85. The predicted molar refractivity (Wildman–Crippen MR) is 89.0 cm³/mol. The van der Waals surface area contributed by atoms with Crippen LogP contribution in [0.3, 0.4) is 0 Å². The van der Waals surface area contributed by atoms with Gasteiger partial charge in [-0.3, -0.25) is 4.79 Å². The molecule has 0 aromatic heterocycles. The van der Waals surface area contributed by atoms with E-state index >= 15 is 0 Å². The summed E-state index contributed by atoms with van der Waals surface area (Å²) in [6.07, 6.45) is 2.25. The molecule has 1 heterocycles. The number of nitrogens with one attached hydrogen (secondary N) is 1. The average molecular weight is 329 g/mol. The van der Waals surface area contributed by atoms with Crippen LogP contribution in [0.1, 0.15) is 12.8 Å². The van der Waals surface area contributed by atoms with E-state index in [1.807, 2.05) is 30.1 Å². The molecule has 1 aliphatic rings. The quantitative estimate of drug-likeness (QED) is 0.867. The van der Waals surface area contributed by atoms with Crippen molar-refractivity contribution in [3.8, 4) is 11.5 Å². The van der Waals surface area contributed by atoms with Crippen molar-refractivity contribution < 1.29 is 14.3 Å². The van der Waals surface area contributed by atoms with Gasteiger partial charge in [0.2, 0.25) is 0 Å². The second kappa shape index (κ2) is 9.54. The molecule has 0 radical (unpaired) electrons. The van der Waals surface area contributed by atoms with Crippen LogP contribution in [-0.4, -0.2) is 51.2 Å². The van der Waals surface area contributed by atoms with Crippen molar-refractivity contribution in [2.45, 2.75) is 12.8 Å². The molecule has 1 aliphatic heterocycles. The summed E-state index contributed by atoms with van der Waals surface area (Å²) in [7, 11) is 3.56. The van der Waals surface area contributed by atoms with E-state index in [-0.39, 0.29) is 24.9 Å². The first-order valence-corrected chi connectivity index (χ1v) is 7.42. The fourth-order valence-electron chi connectivity index (χ4n) is 2.67. The molecule has 1 aromatic carbocycles. The minimum absolute atomic E-state index is 0. The molecule has 1 N–H and O–H groups in total. The Labute approximate surface area is 138 Å². The Morgan fingerprint density at radius 2 is 2.18 bits per heavy atom. The Balaban J connectivity index is 0.00000242. The van der Waals surface area contributed by atoms with Crippen LogP contribution in [0, 0.1) is 5.92 Å². The van der Waals surface area contributed by atoms with Crippen LogP contribution in [0.5, 0.6) is 11.5 Å². The molecule has 1 atom stereocenters. The molecule has 22 heavy (non-hydrogen) atoms. The van der Waals surface area contributed by atoms with Gasteiger partial charge in [0.05, 0.1) is 7.11 Å². The number of carbonyl (C=O) groups is 1. The Hall–Kier alpha value is -1.46. The van der Waals surface area contributed by atoms with E-state index in [1.54, 1.807) is 13.2 Å². The number of amides is 1. The second-order valence-corrected chi connectivity index (χ2v) is 5.37. The van der Waals surface area contributed by atoms with Gasteiger partial charge in [-0.1, -0.05) is 6.07 Å². The molecule has 0 saturated carbocycles. The van der Waals surface area contributed by atoms with Crippen LogP contribution in [0.2, 0.25) is 0 Å². The molecule has 1 amide bonds. The van der Waals surface area contributed by atoms with Crippen molar-refractivity contribution in [2.75, 3.05) is 40.4 Å². The van der Waals surface area contributed by atoms with Crippen molar-refractivity contribution in [3.05, 3.63) is 24.3 Å². The fraction of sp³-hybridized carbons (Fsp3) is 0.562. The molecule has 5 nitrogen and oxygen atoms in total. The minimum Gasteiger partial charge on any atom is -0.497 e. The fourth-order valence-corrected chi connectivity index (χ4v) is 2.67. The van der Waals surface area contributed by atoms with E-state index in [0.29, 0.717) is 11.7 Å². The van der Waals surface area contributed by atoms with E-state index in [4.69, 9.17) is 9.47 Å². The molecule has 1 saturated heterocycles. The number of piperidine rings is 1. The lowest BCUT2D eigenvalue weighted by molar-refractivity contribution is -0.135. The summed E-state index contributed by atoms with van der Waals surface area (Å²) in [6, 6.07) is 7.31. The van der Waals surface area contributed by atoms with Crippen molar-refractivity contribution in [3.63, 3.8) is 0 Å². The normalized spacial score (nSPS) is 17.5. The van der Waals surface area contributed by atoms with Gasteiger partial charge < -0.3 is 19.7 Å². The summed E-state index contributed by atoms with van der Waals surface area (Å²) in [6.45, 7) is 2.70. The summed E-state index contributed by atoms with van der Waals surface area (Å²) in [4.78, 5) is 14.1. The summed E-state index contributed by atoms with van der Waals surface area (Å²) in [5.41, 5.74) is 0. The molecular formula is C16H25ClN2O3. The number of hydrogen-bond donors (Lipinski definition) is 1. The molecule has 1 unspecified atom stereocenters. The van der Waals surface area contributed by atoms with Gasteiger partial charge in [0.25, 0.3) is 5.91 Å². The number of carbonyl (C=O) groups excluding carboxylic acids is 1. The minimum atomic E-state index is 0. The maximum absolute atomic E-state index is 12.2. The van der Waals surface area contributed by atoms with Crippen LogP contribution in [0.15, 0.2) is 24.3 Å². The SMILES string of the molecule is CNCC1CCCN(C(=O)COc2cccc(OC)c2)C1.Cl. The molecule has 124 valence electrons. The maximum atomic E-state index is 12.2. The summed E-state index contributed by atoms with van der Waals surface area (Å²) >= 11 is 0. The number of rotatable bonds is 6. The number of hydrogen-bond acceptors (Lipinski definition) is 4. The second-order valence-electron chi connectivity index (χ2n) is 5.37. The van der Waals surface area contributed by atoms with Crippen LogP contribution in [0.25, 0.3) is 0 Å². The van der Waals surface area contributed by atoms with E-state index in [9.17, 15) is 4.79 Å². The van der Waals surface area contributed by atoms with Gasteiger partial charge in [-0.2, -0.15) is 0 Å². The first-order valence-electron chi connectivity index (χ1n) is 7.42. The van der Waals surface area contributed by atoms with Crippen LogP contribution in [0.4, 0.5) is 0 Å². The molecule has 1 aromatic rings. The molecule has 0 bridgehead atoms. The summed E-state index contributed by atoms with van der Waals surface area (Å²) < 4.78 is 10.7. The first-order chi connectivity index (χ1) is 10.2. The zero-order valence-electron chi connectivity index (χ0n) is 13.2. The highest BCUT2D eigenvalue weighted by Gasteiger charge is 2.23. The number of benzene rings is 1. The van der Waals surface area contributed by atoms with E-state index < -0.39 is 0 Å². The highest BCUT2D eigenvalue weighted by Crippen LogP contribution is 2.19. The standard InChI is InChI=1S/C16H24N2O3.ClH/c1-17-10-13-5-4-8-18(11-13)16(19)12-21-15-7-3-6-14(9-15)20-2;/h3,6-7,9,13,17H,4-5,8,10-12H2,1-2H3;1H. The Bertz CT molecular complexity index is 468. The zero-order chi connectivity index (χ0) is 15.1. The van der Waals surface area contributed by atoms with Gasteiger partial charge in [0.1, 0.15) is 11.5 Å². The molecule has 2 rings (SSSR count). The number of nitrogens with zero attached hydrogens (tertiary/aromatic N) is 1. The average Bonchev–Trinajstić information content (AvgIpc) is 2.53. The Morgan fingerprint density at radius 1 is 1.41 bits per heavy atom. The number of halogens is 1. The molecular weight excluding hydrogens is 304 g/mol. The van der Waals surface area contributed by atoms with Gasteiger partial charge in [-0.15, -0.1) is 12.4 Å². The van der Waals surface area contributed by atoms with Gasteiger partial charge in [-0.25, -0.2) is 0 Å². The molecule has 0 spiro atoms. The van der Waals surface area contributed by atoms with Crippen LogP contribution >= 0.6 is 12.4 Å². The molecule has 6 heteroatoms. The lowest BCUT2D eigenvalue weighted by atomic mass is 9.98. The smallest absolute Gasteiger partial charge is 0.260 e. The third-order valence-corrected chi connectivity index (χ3v) is 3.77. The Morgan fingerprint density at radius 3 is 2.91 bits per heavy atom. The van der Waals surface area contributed by atoms with E-state index in [1.165, 1.54) is 6.42 Å². The predicted octanol–water partition coefficient (Wildman–Crippen LogP) is 1.95. The molecule has 1 fully saturated rings. The van der Waals surface area contributed by atoms with Crippen molar-refractivity contribution >= 4 is 18.3 Å². The maximum Gasteiger partial charge on any atom is 0.260 e. The van der Waals surface area contributed by atoms with Crippen LogP contribution < -0.4 is 14.8 Å². The van der Waals surface area contributed by atoms with E-state index in [2.05, 4.69) is 5.32 Å². The van der Waals surface area contributed by atoms with Crippen LogP contribution in [-0.2, 0) is 4.79 Å². The van der Waals surface area contributed by atoms with Crippen molar-refractivity contribution in [2.24, 2.45) is 5.92 Å². The number of likely N-dealkylation sites (tertiary alicyclic amines) is 1.